The third-order valence-electron chi connectivity index (χ3n) is 2.70. The Kier molecular flexibility index (Phi) is 4.48. The van der Waals surface area contributed by atoms with Crippen molar-refractivity contribution in [3.63, 3.8) is 0 Å². The normalized spacial score (nSPS) is 12.6. The number of nitro benzene ring substituents is 1. The van der Waals surface area contributed by atoms with Crippen LogP contribution >= 0.6 is 11.3 Å². The molecule has 1 unspecified atom stereocenters. The maximum absolute atomic E-state index is 11.1. The van der Waals surface area contributed by atoms with E-state index in [4.69, 9.17) is 4.74 Å². The van der Waals surface area contributed by atoms with Crippen LogP contribution in [-0.4, -0.2) is 41.4 Å². The van der Waals surface area contributed by atoms with Crippen LogP contribution in [0.2, 0.25) is 0 Å². The number of nitrogens with zero attached hydrogens (tertiary/aromatic N) is 2. The van der Waals surface area contributed by atoms with E-state index in [9.17, 15) is 15.2 Å². The summed E-state index contributed by atoms with van der Waals surface area (Å²) in [5, 5.41) is 24.4. The number of fused-ring (bicyclic) bond motifs is 1. The molecule has 0 aliphatic heterocycles. The molecule has 108 valence electrons. The molecule has 0 bridgehead atoms. The lowest BCUT2D eigenvalue weighted by atomic mass is 10.2. The summed E-state index contributed by atoms with van der Waals surface area (Å²) in [6, 6.07) is 3.14. The number of aryl methyl sites for hydroxylation is 1. The number of nitrogens with one attached hydrogen (secondary N) is 1. The molecule has 0 aliphatic rings. The highest BCUT2D eigenvalue weighted by Gasteiger charge is 2.17. The molecule has 1 aromatic carbocycles. The average Bonchev–Trinajstić information content (AvgIpc) is 2.74. The van der Waals surface area contributed by atoms with E-state index in [1.54, 1.807) is 6.07 Å². The lowest BCUT2D eigenvalue weighted by Gasteiger charge is -2.11. The minimum atomic E-state index is -0.729. The monoisotopic (exact) mass is 297 g/mol. The number of anilines is 1. The van der Waals surface area contributed by atoms with Gasteiger partial charge in [-0.15, -0.1) is 11.3 Å². The number of thiazole rings is 1. The highest BCUT2D eigenvalue weighted by Crippen LogP contribution is 2.32. The Morgan fingerprint density at radius 2 is 2.35 bits per heavy atom. The van der Waals surface area contributed by atoms with Gasteiger partial charge in [0.05, 0.1) is 32.9 Å². The molecule has 0 saturated carbocycles. The molecule has 0 spiro atoms. The van der Waals surface area contributed by atoms with E-state index in [0.717, 1.165) is 9.71 Å². The number of benzene rings is 1. The van der Waals surface area contributed by atoms with Crippen molar-refractivity contribution in [1.29, 1.82) is 0 Å². The Bertz CT molecular complexity index is 628. The fraction of sp³-hybridized carbons (Fsp3) is 0.417. The second-order valence-electron chi connectivity index (χ2n) is 4.32. The number of rotatable bonds is 6. The number of aliphatic hydroxyl groups excluding tert-OH is 1. The van der Waals surface area contributed by atoms with Crippen LogP contribution in [0.1, 0.15) is 5.01 Å². The standard InChI is InChI=1S/C12H15N3O4S/c1-7-14-10-3-9(13-5-8(16)6-19-2)11(15(17)18)4-12(10)20-7/h3-4,8,13,16H,5-6H2,1-2H3. The fourth-order valence-electron chi connectivity index (χ4n) is 1.85. The average molecular weight is 297 g/mol. The predicted molar refractivity (Wildman–Crippen MR) is 77.4 cm³/mol. The van der Waals surface area contributed by atoms with Gasteiger partial charge in [0.2, 0.25) is 0 Å². The van der Waals surface area contributed by atoms with Crippen LogP contribution in [0.25, 0.3) is 10.2 Å². The molecule has 20 heavy (non-hydrogen) atoms. The van der Waals surface area contributed by atoms with Crippen molar-refractivity contribution in [3.05, 3.63) is 27.3 Å². The first-order valence-corrected chi connectivity index (χ1v) is 6.79. The van der Waals surface area contributed by atoms with Crippen molar-refractivity contribution in [2.45, 2.75) is 13.0 Å². The summed E-state index contributed by atoms with van der Waals surface area (Å²) in [4.78, 5) is 15.0. The predicted octanol–water partition coefficient (Wildman–Crippen LogP) is 1.93. The van der Waals surface area contributed by atoms with Gasteiger partial charge in [-0.3, -0.25) is 10.1 Å². The van der Waals surface area contributed by atoms with Gasteiger partial charge in [0.25, 0.3) is 5.69 Å². The third-order valence-corrected chi connectivity index (χ3v) is 3.63. The first-order chi connectivity index (χ1) is 9.51. The number of aromatic nitrogens is 1. The van der Waals surface area contributed by atoms with Gasteiger partial charge >= 0.3 is 0 Å². The number of hydrogen-bond acceptors (Lipinski definition) is 7. The van der Waals surface area contributed by atoms with E-state index in [-0.39, 0.29) is 18.8 Å². The van der Waals surface area contributed by atoms with Gasteiger partial charge in [0.15, 0.2) is 0 Å². The van der Waals surface area contributed by atoms with Crippen LogP contribution in [0.3, 0.4) is 0 Å². The topological polar surface area (TPSA) is 97.5 Å². The van der Waals surface area contributed by atoms with E-state index < -0.39 is 11.0 Å². The molecule has 7 nitrogen and oxygen atoms in total. The van der Waals surface area contributed by atoms with Crippen LogP contribution in [-0.2, 0) is 4.74 Å². The van der Waals surface area contributed by atoms with Crippen molar-refractivity contribution in [2.24, 2.45) is 0 Å². The zero-order valence-corrected chi connectivity index (χ0v) is 11.9. The molecule has 2 rings (SSSR count). The van der Waals surface area contributed by atoms with Gasteiger partial charge < -0.3 is 15.2 Å². The van der Waals surface area contributed by atoms with Crippen LogP contribution in [0.5, 0.6) is 0 Å². The number of hydrogen-bond donors (Lipinski definition) is 2. The molecule has 0 saturated heterocycles. The Labute approximate surface area is 119 Å². The highest BCUT2D eigenvalue weighted by atomic mass is 32.1. The molecule has 1 aromatic heterocycles. The van der Waals surface area contributed by atoms with E-state index in [2.05, 4.69) is 10.3 Å². The molecule has 1 heterocycles. The second-order valence-corrected chi connectivity index (χ2v) is 5.55. The Hall–Kier alpha value is -1.77. The lowest BCUT2D eigenvalue weighted by molar-refractivity contribution is -0.383. The SMILES string of the molecule is COCC(O)CNc1cc2nc(C)sc2cc1[N+](=O)[O-]. The Balaban J connectivity index is 2.29. The summed E-state index contributed by atoms with van der Waals surface area (Å²) in [7, 11) is 1.48. The molecule has 0 amide bonds. The number of aliphatic hydroxyl groups is 1. The Morgan fingerprint density at radius 1 is 1.60 bits per heavy atom. The summed E-state index contributed by atoms with van der Waals surface area (Å²) in [6.07, 6.45) is -0.729. The molecular weight excluding hydrogens is 282 g/mol. The molecule has 2 aromatic rings. The zero-order chi connectivity index (χ0) is 14.7. The van der Waals surface area contributed by atoms with Crippen molar-refractivity contribution < 1.29 is 14.8 Å². The van der Waals surface area contributed by atoms with E-state index in [1.807, 2.05) is 6.92 Å². The number of nitro groups is 1. The van der Waals surface area contributed by atoms with E-state index >= 15 is 0 Å². The van der Waals surface area contributed by atoms with Gasteiger partial charge in [-0.25, -0.2) is 4.98 Å². The van der Waals surface area contributed by atoms with E-state index in [0.29, 0.717) is 11.2 Å². The van der Waals surface area contributed by atoms with Crippen molar-refractivity contribution in [1.82, 2.24) is 4.98 Å². The first-order valence-electron chi connectivity index (χ1n) is 5.97. The fourth-order valence-corrected chi connectivity index (χ4v) is 2.69. The summed E-state index contributed by atoms with van der Waals surface area (Å²) >= 11 is 1.41. The first kappa shape index (κ1) is 14.6. The molecule has 1 atom stereocenters. The number of ether oxygens (including phenoxy) is 1. The summed E-state index contributed by atoms with van der Waals surface area (Å²) in [6.45, 7) is 2.19. The van der Waals surface area contributed by atoms with E-state index in [1.165, 1.54) is 24.5 Å². The van der Waals surface area contributed by atoms with Crippen LogP contribution in [0, 0.1) is 17.0 Å². The van der Waals surface area contributed by atoms with Crippen LogP contribution < -0.4 is 5.32 Å². The molecular formula is C12H15N3O4S. The molecule has 0 aliphatic carbocycles. The van der Waals surface area contributed by atoms with Gasteiger partial charge in [-0.2, -0.15) is 0 Å². The van der Waals surface area contributed by atoms with Gasteiger partial charge in [-0.1, -0.05) is 0 Å². The Morgan fingerprint density at radius 3 is 3.00 bits per heavy atom. The largest absolute Gasteiger partial charge is 0.389 e. The summed E-state index contributed by atoms with van der Waals surface area (Å²) < 4.78 is 5.58. The van der Waals surface area contributed by atoms with Crippen molar-refractivity contribution >= 4 is 32.9 Å². The van der Waals surface area contributed by atoms with Gasteiger partial charge in [0.1, 0.15) is 5.69 Å². The van der Waals surface area contributed by atoms with Crippen molar-refractivity contribution in [2.75, 3.05) is 25.6 Å². The highest BCUT2D eigenvalue weighted by molar-refractivity contribution is 7.18. The molecule has 0 radical (unpaired) electrons. The zero-order valence-electron chi connectivity index (χ0n) is 11.1. The maximum atomic E-state index is 11.1. The van der Waals surface area contributed by atoms with Gasteiger partial charge in [-0.05, 0) is 13.0 Å². The molecule has 0 fully saturated rings. The number of methoxy groups -OCH3 is 1. The second kappa shape index (κ2) is 6.12. The quantitative estimate of drug-likeness (QED) is 0.624. The minimum Gasteiger partial charge on any atom is -0.389 e. The lowest BCUT2D eigenvalue weighted by Crippen LogP contribution is -2.24. The smallest absolute Gasteiger partial charge is 0.293 e. The third kappa shape index (κ3) is 3.21. The molecule has 2 N–H and O–H groups in total. The molecule has 8 heteroatoms. The van der Waals surface area contributed by atoms with Crippen molar-refractivity contribution in [3.8, 4) is 0 Å². The summed E-state index contributed by atoms with van der Waals surface area (Å²) in [5.74, 6) is 0. The maximum Gasteiger partial charge on any atom is 0.293 e. The summed E-state index contributed by atoms with van der Waals surface area (Å²) in [5.41, 5.74) is 1.04. The van der Waals surface area contributed by atoms with Crippen LogP contribution in [0.4, 0.5) is 11.4 Å². The van der Waals surface area contributed by atoms with Gasteiger partial charge in [0, 0.05) is 19.7 Å². The van der Waals surface area contributed by atoms with Crippen LogP contribution in [0.15, 0.2) is 12.1 Å². The minimum absolute atomic E-state index is 0.0224.